The van der Waals surface area contributed by atoms with Crippen LogP contribution in [0.4, 0.5) is 0 Å². The predicted octanol–water partition coefficient (Wildman–Crippen LogP) is 14.3. The lowest BCUT2D eigenvalue weighted by Gasteiger charge is -2.35. The Bertz CT molecular complexity index is 3940. The molecule has 0 N–H and O–H groups in total. The van der Waals surface area contributed by atoms with Gasteiger partial charge in [0.2, 0.25) is 0 Å². The predicted molar refractivity (Wildman–Crippen MR) is 295 cm³/mol. The molecule has 0 aliphatic rings. The van der Waals surface area contributed by atoms with Crippen LogP contribution in [-0.4, -0.2) is 17.2 Å². The third-order valence-corrected chi connectivity index (χ3v) is 19.1. The Morgan fingerprint density at radius 2 is 0.681 bits per heavy atom. The Morgan fingerprint density at radius 3 is 1.35 bits per heavy atom. The number of para-hydroxylation sites is 2. The molecule has 324 valence electrons. The molecule has 0 unspecified atom stereocenters. The molecule has 69 heavy (non-hydrogen) atoms. The Hall–Kier alpha value is -8.76. The molecule has 0 amide bonds. The first-order chi connectivity index (χ1) is 34.3. The first-order valence-electron chi connectivity index (χ1n) is 23.8. The first-order valence-corrected chi connectivity index (χ1v) is 25.8. The monoisotopic (exact) mass is 894 g/mol. The van der Waals surface area contributed by atoms with Gasteiger partial charge in [-0.1, -0.05) is 237 Å². The summed E-state index contributed by atoms with van der Waals surface area (Å²) in [5.41, 5.74) is 14.4. The van der Waals surface area contributed by atoms with Gasteiger partial charge in [0.25, 0.3) is 0 Å². The molecule has 13 rings (SSSR count). The molecule has 13 aromatic rings. The van der Waals surface area contributed by atoms with Crippen molar-refractivity contribution in [2.24, 2.45) is 0 Å². The van der Waals surface area contributed by atoms with E-state index in [1.807, 2.05) is 0 Å². The smallest absolute Gasteiger partial charge is 0.179 e. The van der Waals surface area contributed by atoms with Crippen molar-refractivity contribution in [3.8, 4) is 44.8 Å². The van der Waals surface area contributed by atoms with Gasteiger partial charge in [0.1, 0.15) is 0 Å². The van der Waals surface area contributed by atoms with Crippen LogP contribution in [0.1, 0.15) is 0 Å². The zero-order valence-corrected chi connectivity index (χ0v) is 39.0. The standard InChI is InChI=1S/C66H46N2Si/c1-5-22-47(23-6-1)49-26-19-31-54(46-49)69(51-27-9-3-10-28-51,52-29-11-4-12-30-52)53-44-42-50(43-45-53)67-60-37-17-16-35-59(60)66-63(67)40-21-41-64(66)68-61-38-18-15-34-58(61)65-57(36-20-39-62(65)68)56-33-14-13-32-55(56)48-24-7-2-8-25-48/h1-46H. The third kappa shape index (κ3) is 6.54. The summed E-state index contributed by atoms with van der Waals surface area (Å²) in [4.78, 5) is 0. The minimum atomic E-state index is -2.84. The Kier molecular flexibility index (Phi) is 9.88. The van der Waals surface area contributed by atoms with E-state index < -0.39 is 8.07 Å². The average Bonchev–Trinajstić information content (AvgIpc) is 3.96. The number of aromatic nitrogens is 2. The number of hydrogen-bond acceptors (Lipinski definition) is 0. The highest BCUT2D eigenvalue weighted by atomic mass is 28.3. The molecule has 0 aliphatic carbocycles. The van der Waals surface area contributed by atoms with E-state index in [2.05, 4.69) is 288 Å². The van der Waals surface area contributed by atoms with E-state index >= 15 is 0 Å². The fraction of sp³-hybridized carbons (Fsp3) is 0. The van der Waals surface area contributed by atoms with Gasteiger partial charge >= 0.3 is 0 Å². The Balaban J connectivity index is 1.02. The van der Waals surface area contributed by atoms with E-state index in [-0.39, 0.29) is 0 Å². The quantitative estimate of drug-likeness (QED) is 0.101. The minimum Gasteiger partial charge on any atom is -0.309 e. The minimum absolute atomic E-state index is 1.13. The molecule has 0 saturated heterocycles. The van der Waals surface area contributed by atoms with Crippen molar-refractivity contribution < 1.29 is 0 Å². The number of rotatable bonds is 9. The lowest BCUT2D eigenvalue weighted by molar-refractivity contribution is 1.17. The fourth-order valence-electron chi connectivity index (χ4n) is 11.4. The maximum absolute atomic E-state index is 2.84. The summed E-state index contributed by atoms with van der Waals surface area (Å²) in [6.07, 6.45) is 0. The number of hydrogen-bond donors (Lipinski definition) is 0. The summed E-state index contributed by atoms with van der Waals surface area (Å²) in [7, 11) is -2.84. The van der Waals surface area contributed by atoms with E-state index in [1.54, 1.807) is 0 Å². The van der Waals surface area contributed by atoms with E-state index in [4.69, 9.17) is 0 Å². The zero-order valence-electron chi connectivity index (χ0n) is 38.0. The molecule has 2 nitrogen and oxygen atoms in total. The van der Waals surface area contributed by atoms with Gasteiger partial charge in [0.05, 0.1) is 27.8 Å². The highest BCUT2D eigenvalue weighted by molar-refractivity contribution is 7.19. The van der Waals surface area contributed by atoms with Crippen molar-refractivity contribution in [1.82, 2.24) is 9.13 Å². The molecule has 0 spiro atoms. The average molecular weight is 895 g/mol. The third-order valence-electron chi connectivity index (χ3n) is 14.3. The van der Waals surface area contributed by atoms with E-state index in [9.17, 15) is 0 Å². The second kappa shape index (κ2) is 16.8. The summed E-state index contributed by atoms with van der Waals surface area (Å²) in [5, 5.41) is 10.3. The van der Waals surface area contributed by atoms with Gasteiger partial charge in [-0.2, -0.15) is 0 Å². The number of nitrogens with zero attached hydrogens (tertiary/aromatic N) is 2. The number of benzene rings is 11. The van der Waals surface area contributed by atoms with Crippen molar-refractivity contribution in [2.45, 2.75) is 0 Å². The van der Waals surface area contributed by atoms with Crippen LogP contribution < -0.4 is 20.7 Å². The first kappa shape index (κ1) is 40.5. The van der Waals surface area contributed by atoms with Gasteiger partial charge in [0.15, 0.2) is 8.07 Å². The summed E-state index contributed by atoms with van der Waals surface area (Å²) in [5.74, 6) is 0. The van der Waals surface area contributed by atoms with Gasteiger partial charge in [0, 0.05) is 27.2 Å². The summed E-state index contributed by atoms with van der Waals surface area (Å²) < 4.78 is 4.97. The molecular formula is C66H46N2Si. The van der Waals surface area contributed by atoms with Crippen LogP contribution in [0, 0.1) is 0 Å². The van der Waals surface area contributed by atoms with Gasteiger partial charge < -0.3 is 9.13 Å². The van der Waals surface area contributed by atoms with Crippen LogP contribution in [0.3, 0.4) is 0 Å². The van der Waals surface area contributed by atoms with Crippen LogP contribution in [0.25, 0.3) is 88.4 Å². The van der Waals surface area contributed by atoms with Gasteiger partial charge in [-0.05, 0) is 96.6 Å². The van der Waals surface area contributed by atoms with E-state index in [0.717, 1.165) is 11.4 Å². The van der Waals surface area contributed by atoms with Gasteiger partial charge in [-0.15, -0.1) is 0 Å². The molecule has 0 bridgehead atoms. The molecule has 0 atom stereocenters. The van der Waals surface area contributed by atoms with E-state index in [0.29, 0.717) is 0 Å². The largest absolute Gasteiger partial charge is 0.309 e. The maximum Gasteiger partial charge on any atom is 0.179 e. The maximum atomic E-state index is 2.50. The Morgan fingerprint density at radius 1 is 0.246 bits per heavy atom. The van der Waals surface area contributed by atoms with Crippen LogP contribution in [-0.2, 0) is 0 Å². The summed E-state index contributed by atoms with van der Waals surface area (Å²) in [6.45, 7) is 0. The van der Waals surface area contributed by atoms with Crippen LogP contribution in [0.5, 0.6) is 0 Å². The van der Waals surface area contributed by atoms with Crippen LogP contribution in [0.15, 0.2) is 279 Å². The highest BCUT2D eigenvalue weighted by Gasteiger charge is 2.41. The van der Waals surface area contributed by atoms with Crippen molar-refractivity contribution >= 4 is 72.4 Å². The summed E-state index contributed by atoms with van der Waals surface area (Å²) >= 11 is 0. The van der Waals surface area contributed by atoms with Crippen molar-refractivity contribution in [2.75, 3.05) is 0 Å². The second-order valence-corrected chi connectivity index (χ2v) is 21.8. The van der Waals surface area contributed by atoms with Gasteiger partial charge in [-0.3, -0.25) is 0 Å². The van der Waals surface area contributed by atoms with Crippen LogP contribution in [0.2, 0.25) is 0 Å². The topological polar surface area (TPSA) is 9.86 Å². The van der Waals surface area contributed by atoms with E-state index in [1.165, 1.54) is 97.7 Å². The van der Waals surface area contributed by atoms with Crippen molar-refractivity contribution in [3.63, 3.8) is 0 Å². The highest BCUT2D eigenvalue weighted by Crippen LogP contribution is 2.44. The molecule has 3 heteroatoms. The zero-order chi connectivity index (χ0) is 45.7. The molecule has 2 heterocycles. The molecule has 0 saturated carbocycles. The number of fused-ring (bicyclic) bond motifs is 6. The lowest BCUT2D eigenvalue weighted by atomic mass is 9.92. The molecule has 0 radical (unpaired) electrons. The fourth-order valence-corrected chi connectivity index (χ4v) is 16.1. The molecular weight excluding hydrogens is 849 g/mol. The SMILES string of the molecule is c1ccc(-c2cccc([Si](c3ccccc3)(c3ccccc3)c3ccc(-n4c5ccccc5c5c(-n6c7ccccc7c7c(-c8ccccc8-c8ccccc8)cccc76)cccc54)cc3)c2)cc1. The normalized spacial score (nSPS) is 11.8. The lowest BCUT2D eigenvalue weighted by Crippen LogP contribution is -2.74. The summed E-state index contributed by atoms with van der Waals surface area (Å²) in [6, 6.07) is 103. The molecule has 0 fully saturated rings. The second-order valence-electron chi connectivity index (χ2n) is 18.0. The van der Waals surface area contributed by atoms with Crippen molar-refractivity contribution in [1.29, 1.82) is 0 Å². The Labute approximate surface area is 403 Å². The van der Waals surface area contributed by atoms with Gasteiger partial charge in [-0.25, -0.2) is 0 Å². The van der Waals surface area contributed by atoms with Crippen molar-refractivity contribution in [3.05, 3.63) is 279 Å². The molecule has 11 aromatic carbocycles. The molecule has 2 aromatic heterocycles. The molecule has 0 aliphatic heterocycles. The van der Waals surface area contributed by atoms with Crippen LogP contribution >= 0.6 is 0 Å².